The number of likely N-dealkylation sites (tertiary alicyclic amines) is 1. The Morgan fingerprint density at radius 2 is 1.95 bits per heavy atom. The van der Waals surface area contributed by atoms with Crippen molar-refractivity contribution < 1.29 is 9.53 Å². The summed E-state index contributed by atoms with van der Waals surface area (Å²) in [6.45, 7) is 11.5. The predicted octanol–water partition coefficient (Wildman–Crippen LogP) is 4.18. The molecule has 0 aromatic carbocycles. The molecule has 0 atom stereocenters. The van der Waals surface area contributed by atoms with Crippen LogP contribution < -0.4 is 0 Å². The lowest BCUT2D eigenvalue weighted by molar-refractivity contribution is 0.0203. The molecule has 6 heteroatoms. The van der Waals surface area contributed by atoms with Gasteiger partial charge in [-0.2, -0.15) is 5.10 Å². The fourth-order valence-corrected chi connectivity index (χ4v) is 3.33. The summed E-state index contributed by atoms with van der Waals surface area (Å²) in [6, 6.07) is 2.54. The van der Waals surface area contributed by atoms with E-state index in [-0.39, 0.29) is 6.09 Å². The van der Waals surface area contributed by atoms with E-state index in [2.05, 4.69) is 52.3 Å². The number of hydrogen-bond acceptors (Lipinski definition) is 3. The number of amides is 1. The maximum Gasteiger partial charge on any atom is 0.410 e. The van der Waals surface area contributed by atoms with Crippen LogP contribution in [0.5, 0.6) is 0 Å². The second-order valence-corrected chi connectivity index (χ2v) is 8.28. The minimum Gasteiger partial charge on any atom is -0.444 e. The second-order valence-electron chi connectivity index (χ2n) is 7.17. The van der Waals surface area contributed by atoms with Crippen molar-refractivity contribution in [3.05, 3.63) is 15.5 Å². The number of piperidine rings is 1. The summed E-state index contributed by atoms with van der Waals surface area (Å²) in [4.78, 5) is 13.9. The number of carbonyl (C=O) groups excluding carboxylic acids is 1. The Labute approximate surface area is 146 Å². The maximum absolute atomic E-state index is 12.1. The first-order chi connectivity index (χ1) is 10.2. The molecule has 1 saturated heterocycles. The van der Waals surface area contributed by atoms with Crippen molar-refractivity contribution >= 4 is 28.7 Å². The van der Waals surface area contributed by atoms with Gasteiger partial charge in [-0.25, -0.2) is 4.79 Å². The van der Waals surface area contributed by atoms with Crippen LogP contribution in [0.25, 0.3) is 0 Å². The Hall–Kier alpha value is -0.790. The van der Waals surface area contributed by atoms with Crippen molar-refractivity contribution in [2.24, 2.45) is 0 Å². The molecule has 2 rings (SSSR count). The average molecular weight is 419 g/mol. The van der Waals surface area contributed by atoms with Crippen LogP contribution in [0.15, 0.2) is 6.07 Å². The van der Waals surface area contributed by atoms with Gasteiger partial charge < -0.3 is 9.64 Å². The molecular formula is C16H26IN3O2. The first-order valence-corrected chi connectivity index (χ1v) is 8.98. The highest BCUT2D eigenvalue weighted by Gasteiger charge is 2.29. The SMILES string of the molecule is CC(C)n1nc(I)cc1C1CCN(C(=O)OC(C)(C)C)CC1. The standard InChI is InChI=1S/C16H26IN3O2/c1-11(2)20-13(10-14(17)18-20)12-6-8-19(9-7-12)15(21)22-16(3,4)5/h10-12H,6-9H2,1-5H3. The van der Waals surface area contributed by atoms with E-state index in [0.29, 0.717) is 12.0 Å². The molecule has 1 aromatic heterocycles. The summed E-state index contributed by atoms with van der Waals surface area (Å²) in [5, 5.41) is 4.59. The van der Waals surface area contributed by atoms with E-state index in [1.165, 1.54) is 5.69 Å². The van der Waals surface area contributed by atoms with Crippen LogP contribution in [0.4, 0.5) is 4.79 Å². The number of carbonyl (C=O) groups is 1. The number of nitrogens with zero attached hydrogens (tertiary/aromatic N) is 3. The summed E-state index contributed by atoms with van der Waals surface area (Å²) >= 11 is 2.27. The summed E-state index contributed by atoms with van der Waals surface area (Å²) in [5.41, 5.74) is 0.864. The van der Waals surface area contributed by atoms with Gasteiger partial charge in [-0.15, -0.1) is 0 Å². The van der Waals surface area contributed by atoms with E-state index >= 15 is 0 Å². The fourth-order valence-electron chi connectivity index (χ4n) is 2.78. The van der Waals surface area contributed by atoms with Gasteiger partial charge in [0.2, 0.25) is 0 Å². The van der Waals surface area contributed by atoms with E-state index in [9.17, 15) is 4.79 Å². The number of aromatic nitrogens is 2. The molecule has 1 aliphatic rings. The smallest absolute Gasteiger partial charge is 0.410 e. The molecule has 1 aliphatic heterocycles. The van der Waals surface area contributed by atoms with E-state index in [0.717, 1.165) is 29.6 Å². The van der Waals surface area contributed by atoms with Gasteiger partial charge in [0.1, 0.15) is 9.30 Å². The van der Waals surface area contributed by atoms with Crippen molar-refractivity contribution in [1.82, 2.24) is 14.7 Å². The van der Waals surface area contributed by atoms with Gasteiger partial charge >= 0.3 is 6.09 Å². The lowest BCUT2D eigenvalue weighted by atomic mass is 9.93. The van der Waals surface area contributed by atoms with Crippen LogP contribution in [0, 0.1) is 3.70 Å². The Morgan fingerprint density at radius 3 is 2.45 bits per heavy atom. The topological polar surface area (TPSA) is 47.4 Å². The highest BCUT2D eigenvalue weighted by molar-refractivity contribution is 14.1. The highest BCUT2D eigenvalue weighted by Crippen LogP contribution is 2.31. The van der Waals surface area contributed by atoms with Crippen molar-refractivity contribution in [2.75, 3.05) is 13.1 Å². The van der Waals surface area contributed by atoms with Gasteiger partial charge in [0.15, 0.2) is 0 Å². The third-order valence-corrected chi connectivity index (χ3v) is 4.32. The highest BCUT2D eigenvalue weighted by atomic mass is 127. The number of halogens is 1. The average Bonchev–Trinajstić information content (AvgIpc) is 2.79. The molecule has 124 valence electrons. The summed E-state index contributed by atoms with van der Waals surface area (Å²) in [5.74, 6) is 0.470. The van der Waals surface area contributed by atoms with Gasteiger partial charge in [-0.3, -0.25) is 4.68 Å². The van der Waals surface area contributed by atoms with E-state index < -0.39 is 5.60 Å². The van der Waals surface area contributed by atoms with Gasteiger partial charge in [0, 0.05) is 30.7 Å². The molecule has 0 spiro atoms. The summed E-state index contributed by atoms with van der Waals surface area (Å²) in [7, 11) is 0. The minimum absolute atomic E-state index is 0.196. The van der Waals surface area contributed by atoms with Gasteiger partial charge in [0.05, 0.1) is 0 Å². The van der Waals surface area contributed by atoms with Gasteiger partial charge in [0.25, 0.3) is 0 Å². The number of rotatable bonds is 2. The largest absolute Gasteiger partial charge is 0.444 e. The van der Waals surface area contributed by atoms with E-state index in [1.807, 2.05) is 25.7 Å². The van der Waals surface area contributed by atoms with Crippen molar-refractivity contribution in [1.29, 1.82) is 0 Å². The third-order valence-electron chi connectivity index (χ3n) is 3.79. The molecule has 0 N–H and O–H groups in total. The summed E-state index contributed by atoms with van der Waals surface area (Å²) in [6.07, 6.45) is 1.74. The van der Waals surface area contributed by atoms with E-state index in [4.69, 9.17) is 4.74 Å². The molecule has 0 bridgehead atoms. The molecule has 0 saturated carbocycles. The van der Waals surface area contributed by atoms with Crippen LogP contribution in [0.3, 0.4) is 0 Å². The maximum atomic E-state index is 12.1. The molecule has 0 aliphatic carbocycles. The zero-order valence-electron chi connectivity index (χ0n) is 14.1. The van der Waals surface area contributed by atoms with E-state index in [1.54, 1.807) is 0 Å². The molecule has 1 aromatic rings. The first kappa shape index (κ1) is 17.6. The predicted molar refractivity (Wildman–Crippen MR) is 95.1 cm³/mol. The van der Waals surface area contributed by atoms with Crippen molar-refractivity contribution in [3.8, 4) is 0 Å². The Kier molecular flexibility index (Phi) is 5.40. The first-order valence-electron chi connectivity index (χ1n) is 7.90. The molecule has 1 amide bonds. The molecule has 22 heavy (non-hydrogen) atoms. The summed E-state index contributed by atoms with van der Waals surface area (Å²) < 4.78 is 8.61. The molecule has 5 nitrogen and oxygen atoms in total. The second kappa shape index (κ2) is 6.76. The normalized spacial score (nSPS) is 17.1. The van der Waals surface area contributed by atoms with Crippen LogP contribution in [0.2, 0.25) is 0 Å². The number of hydrogen-bond donors (Lipinski definition) is 0. The van der Waals surface area contributed by atoms with Crippen LogP contribution >= 0.6 is 22.6 Å². The van der Waals surface area contributed by atoms with Gasteiger partial charge in [-0.05, 0) is 76.1 Å². The fraction of sp³-hybridized carbons (Fsp3) is 0.750. The monoisotopic (exact) mass is 419 g/mol. The molecule has 0 radical (unpaired) electrons. The number of ether oxygens (including phenoxy) is 1. The lowest BCUT2D eigenvalue weighted by Gasteiger charge is -2.33. The Bertz CT molecular complexity index is 526. The lowest BCUT2D eigenvalue weighted by Crippen LogP contribution is -2.41. The van der Waals surface area contributed by atoms with Crippen LogP contribution in [-0.2, 0) is 4.74 Å². The Morgan fingerprint density at radius 1 is 1.36 bits per heavy atom. The van der Waals surface area contributed by atoms with Crippen LogP contribution in [0.1, 0.15) is 65.1 Å². The molecule has 0 unspecified atom stereocenters. The van der Waals surface area contributed by atoms with Crippen LogP contribution in [-0.4, -0.2) is 39.5 Å². The molecule has 2 heterocycles. The zero-order valence-corrected chi connectivity index (χ0v) is 16.3. The zero-order chi connectivity index (χ0) is 16.5. The quantitative estimate of drug-likeness (QED) is 0.676. The molecule has 1 fully saturated rings. The van der Waals surface area contributed by atoms with Gasteiger partial charge in [-0.1, -0.05) is 0 Å². The van der Waals surface area contributed by atoms with Crippen molar-refractivity contribution in [2.45, 2.75) is 65.0 Å². The van der Waals surface area contributed by atoms with Crippen molar-refractivity contribution in [3.63, 3.8) is 0 Å². The minimum atomic E-state index is -0.430. The Balaban J connectivity index is 1.99. The molecular weight excluding hydrogens is 393 g/mol. The third kappa shape index (κ3) is 4.36.